The van der Waals surface area contributed by atoms with Gasteiger partial charge in [0.05, 0.1) is 53.1 Å². The zero-order valence-corrected chi connectivity index (χ0v) is 17.5. The van der Waals surface area contributed by atoms with Crippen LogP contribution in [0.2, 0.25) is 0 Å². The van der Waals surface area contributed by atoms with Crippen molar-refractivity contribution in [2.24, 2.45) is 0 Å². The smallest absolute Gasteiger partial charge is 0.202 e. The van der Waals surface area contributed by atoms with Gasteiger partial charge in [-0.05, 0) is 34.6 Å². The molecule has 0 N–H and O–H groups in total. The minimum atomic E-state index is -0.519. The fourth-order valence-corrected chi connectivity index (χ4v) is 2.37. The predicted molar refractivity (Wildman–Crippen MR) is 105 cm³/mol. The minimum absolute atomic E-state index is 0.328. The van der Waals surface area contributed by atoms with E-state index in [1.165, 1.54) is 6.21 Å². The molecule has 0 saturated heterocycles. The average molecular weight is 371 g/mol. The molecule has 0 aliphatic carbocycles. The van der Waals surface area contributed by atoms with E-state index in [2.05, 4.69) is 19.9 Å². The molecule has 2 rings (SSSR count). The average Bonchev–Trinajstić information content (AvgIpc) is 2.55. The first-order valence-corrected chi connectivity index (χ1v) is 9.03. The second kappa shape index (κ2) is 8.08. The summed E-state index contributed by atoms with van der Waals surface area (Å²) in [5, 5.41) is 12.2. The summed E-state index contributed by atoms with van der Waals surface area (Å²) in [7, 11) is 0. The molecule has 0 fully saturated rings. The van der Waals surface area contributed by atoms with Gasteiger partial charge in [0.1, 0.15) is 5.69 Å². The van der Waals surface area contributed by atoms with Crippen molar-refractivity contribution in [3.05, 3.63) is 50.8 Å². The lowest BCUT2D eigenvalue weighted by molar-refractivity contribution is -0.530. The molecular weight excluding hydrogens is 342 g/mol. The Balaban J connectivity index is 2.12. The van der Waals surface area contributed by atoms with E-state index in [1.54, 1.807) is 0 Å². The predicted octanol–water partition coefficient (Wildman–Crippen LogP) is 3.25. The molecule has 0 amide bonds. The summed E-state index contributed by atoms with van der Waals surface area (Å²) in [6.07, 6.45) is 1.49. The van der Waals surface area contributed by atoms with Crippen LogP contribution in [-0.4, -0.2) is 36.4 Å². The molecule has 0 bridgehead atoms. The second-order valence-corrected chi connectivity index (χ2v) is 7.77. The number of ether oxygens (including phenoxy) is 1. The molecule has 0 spiro atoms. The van der Waals surface area contributed by atoms with Crippen LogP contribution in [0.1, 0.15) is 66.3 Å². The van der Waals surface area contributed by atoms with E-state index in [0.29, 0.717) is 24.6 Å². The van der Waals surface area contributed by atoms with Crippen LogP contribution >= 0.6 is 0 Å². The van der Waals surface area contributed by atoms with E-state index in [4.69, 9.17) is 4.74 Å². The Morgan fingerprint density at radius 1 is 0.778 bits per heavy atom. The molecule has 7 nitrogen and oxygen atoms in total. The molecule has 0 aliphatic rings. The zero-order valence-electron chi connectivity index (χ0n) is 17.5. The lowest BCUT2D eigenvalue weighted by Gasteiger charge is -2.18. The van der Waals surface area contributed by atoms with Gasteiger partial charge in [-0.1, -0.05) is 0 Å². The SMILES string of the molecule is Cc1nc(C)c(COCc2nc(C)c(/C=[N+](\[O-])C(C)(C)C)nc2C)nc1C. The summed E-state index contributed by atoms with van der Waals surface area (Å²) in [5.41, 5.74) is 5.81. The first-order chi connectivity index (χ1) is 12.5. The van der Waals surface area contributed by atoms with Gasteiger partial charge in [-0.15, -0.1) is 0 Å². The molecule has 0 atom stereocenters. The lowest BCUT2D eigenvalue weighted by atomic mass is 10.1. The van der Waals surface area contributed by atoms with Gasteiger partial charge in [0, 0.05) is 20.8 Å². The third-order valence-corrected chi connectivity index (χ3v) is 4.34. The second-order valence-electron chi connectivity index (χ2n) is 7.77. The molecule has 0 aromatic carbocycles. The number of nitrogens with zero attached hydrogens (tertiary/aromatic N) is 5. The molecular formula is C20H29N5O2. The van der Waals surface area contributed by atoms with Gasteiger partial charge in [-0.2, -0.15) is 0 Å². The topological polar surface area (TPSA) is 86.9 Å². The normalized spacial score (nSPS) is 12.5. The summed E-state index contributed by atoms with van der Waals surface area (Å²) in [6.45, 7) is 15.8. The molecule has 2 aromatic rings. The standard InChI is InChI=1S/C20H29N5O2/c1-12-13(2)22-18(15(4)21-12)10-27-11-19-16(5)23-17(14(3)24-19)9-25(26)20(6,7)8/h9H,10-11H2,1-8H3/b25-9-. The van der Waals surface area contributed by atoms with Gasteiger partial charge in [0.2, 0.25) is 6.21 Å². The van der Waals surface area contributed by atoms with Crippen LogP contribution in [-0.2, 0) is 18.0 Å². The molecule has 2 heterocycles. The van der Waals surface area contributed by atoms with Crippen molar-refractivity contribution in [1.82, 2.24) is 19.9 Å². The summed E-state index contributed by atoms with van der Waals surface area (Å²) in [5.74, 6) is 0. The van der Waals surface area contributed by atoms with Crippen LogP contribution in [0.5, 0.6) is 0 Å². The maximum Gasteiger partial charge on any atom is 0.202 e. The molecule has 0 radical (unpaired) electrons. The Bertz CT molecular complexity index is 870. The third-order valence-electron chi connectivity index (χ3n) is 4.34. The Hall–Kier alpha value is -2.41. The molecule has 0 saturated carbocycles. The first-order valence-electron chi connectivity index (χ1n) is 9.03. The Morgan fingerprint density at radius 2 is 1.26 bits per heavy atom. The summed E-state index contributed by atoms with van der Waals surface area (Å²) in [4.78, 5) is 18.1. The highest BCUT2D eigenvalue weighted by Gasteiger charge is 2.19. The number of aryl methyl sites for hydroxylation is 5. The number of aromatic nitrogens is 4. The quantitative estimate of drug-likeness (QED) is 0.347. The van der Waals surface area contributed by atoms with Crippen molar-refractivity contribution in [3.8, 4) is 0 Å². The van der Waals surface area contributed by atoms with Crippen molar-refractivity contribution in [2.75, 3.05) is 0 Å². The Labute approximate surface area is 161 Å². The van der Waals surface area contributed by atoms with Gasteiger partial charge in [0.25, 0.3) is 0 Å². The van der Waals surface area contributed by atoms with Crippen molar-refractivity contribution in [1.29, 1.82) is 0 Å². The Kier molecular flexibility index (Phi) is 6.26. The number of hydroxylamine groups is 1. The highest BCUT2D eigenvalue weighted by molar-refractivity contribution is 5.74. The van der Waals surface area contributed by atoms with E-state index in [9.17, 15) is 5.21 Å². The van der Waals surface area contributed by atoms with Gasteiger partial charge in [-0.3, -0.25) is 15.0 Å². The van der Waals surface area contributed by atoms with Crippen LogP contribution in [0, 0.1) is 39.8 Å². The summed E-state index contributed by atoms with van der Waals surface area (Å²) < 4.78 is 6.71. The van der Waals surface area contributed by atoms with Crippen molar-refractivity contribution < 1.29 is 9.48 Å². The fourth-order valence-electron chi connectivity index (χ4n) is 2.37. The van der Waals surface area contributed by atoms with Crippen LogP contribution in [0.15, 0.2) is 0 Å². The highest BCUT2D eigenvalue weighted by Crippen LogP contribution is 2.13. The first kappa shape index (κ1) is 20.9. The molecule has 146 valence electrons. The number of hydrogen-bond acceptors (Lipinski definition) is 6. The molecule has 27 heavy (non-hydrogen) atoms. The van der Waals surface area contributed by atoms with E-state index >= 15 is 0 Å². The van der Waals surface area contributed by atoms with E-state index in [1.807, 2.05) is 55.4 Å². The van der Waals surface area contributed by atoms with Gasteiger partial charge < -0.3 is 9.94 Å². The Morgan fingerprint density at radius 3 is 1.81 bits per heavy atom. The third kappa shape index (κ3) is 5.29. The zero-order chi connectivity index (χ0) is 20.4. The van der Waals surface area contributed by atoms with Crippen LogP contribution in [0.3, 0.4) is 0 Å². The number of rotatable bonds is 5. The molecule has 7 heteroatoms. The lowest BCUT2D eigenvalue weighted by Crippen LogP contribution is -2.30. The minimum Gasteiger partial charge on any atom is -0.623 e. The van der Waals surface area contributed by atoms with Crippen molar-refractivity contribution in [3.63, 3.8) is 0 Å². The van der Waals surface area contributed by atoms with Gasteiger partial charge >= 0.3 is 0 Å². The van der Waals surface area contributed by atoms with Crippen LogP contribution in [0.25, 0.3) is 0 Å². The van der Waals surface area contributed by atoms with Gasteiger partial charge in [-0.25, -0.2) is 9.72 Å². The molecule has 0 aliphatic heterocycles. The van der Waals surface area contributed by atoms with Crippen LogP contribution < -0.4 is 0 Å². The maximum atomic E-state index is 12.2. The summed E-state index contributed by atoms with van der Waals surface area (Å²) in [6, 6.07) is 0. The molecule has 2 aromatic heterocycles. The van der Waals surface area contributed by atoms with Crippen molar-refractivity contribution >= 4 is 6.21 Å². The summed E-state index contributed by atoms with van der Waals surface area (Å²) >= 11 is 0. The fraction of sp³-hybridized carbons (Fsp3) is 0.550. The monoisotopic (exact) mass is 371 g/mol. The van der Waals surface area contributed by atoms with Gasteiger partial charge in [0.15, 0.2) is 5.54 Å². The highest BCUT2D eigenvalue weighted by atomic mass is 16.5. The molecule has 0 unspecified atom stereocenters. The van der Waals surface area contributed by atoms with Crippen LogP contribution in [0.4, 0.5) is 0 Å². The van der Waals surface area contributed by atoms with E-state index in [0.717, 1.165) is 38.9 Å². The largest absolute Gasteiger partial charge is 0.623 e. The number of hydrogen-bond donors (Lipinski definition) is 0. The van der Waals surface area contributed by atoms with E-state index in [-0.39, 0.29) is 0 Å². The van der Waals surface area contributed by atoms with Crippen molar-refractivity contribution in [2.45, 2.75) is 74.1 Å². The van der Waals surface area contributed by atoms with E-state index < -0.39 is 5.54 Å². The maximum absolute atomic E-state index is 12.2.